The zero-order valence-corrected chi connectivity index (χ0v) is 16.6. The number of aromatic nitrogens is 4. The minimum Gasteiger partial charge on any atom is -0.317 e. The standard InChI is InChI=1S/C22H19N7O/c1-14-6-7-25-19(8-14)21-20(13-29(2)28-21)27-22(30)18-5-3-4-17(26-18)16-9-15(10-23)11-24-12-16/h3-5,7-9,11-14H,6H2,1-2H3,(H,27,30). The van der Waals surface area contributed by atoms with Crippen LogP contribution in [0.1, 0.15) is 35.1 Å². The van der Waals surface area contributed by atoms with Gasteiger partial charge in [0.05, 0.1) is 22.6 Å². The van der Waals surface area contributed by atoms with E-state index in [0.29, 0.717) is 34.1 Å². The summed E-state index contributed by atoms with van der Waals surface area (Å²) < 4.78 is 1.64. The molecule has 1 unspecified atom stereocenters. The van der Waals surface area contributed by atoms with Gasteiger partial charge in [-0.25, -0.2) is 4.98 Å². The number of allylic oxidation sites excluding steroid dienone is 1. The van der Waals surface area contributed by atoms with Gasteiger partial charge in [-0.1, -0.05) is 19.1 Å². The molecule has 1 atom stereocenters. The molecule has 4 rings (SSSR count). The largest absolute Gasteiger partial charge is 0.317 e. The summed E-state index contributed by atoms with van der Waals surface area (Å²) in [4.78, 5) is 25.8. The summed E-state index contributed by atoms with van der Waals surface area (Å²) in [7, 11) is 1.80. The van der Waals surface area contributed by atoms with Gasteiger partial charge in [0.15, 0.2) is 0 Å². The van der Waals surface area contributed by atoms with Gasteiger partial charge < -0.3 is 5.32 Å². The third-order valence-electron chi connectivity index (χ3n) is 4.61. The summed E-state index contributed by atoms with van der Waals surface area (Å²) in [5.74, 6) is 0.00289. The normalized spacial score (nSPS) is 15.4. The van der Waals surface area contributed by atoms with E-state index in [4.69, 9.17) is 5.26 Å². The van der Waals surface area contributed by atoms with E-state index in [1.54, 1.807) is 48.4 Å². The Bertz CT molecular complexity index is 1220. The lowest BCUT2D eigenvalue weighted by molar-refractivity contribution is 0.102. The Kier molecular flexibility index (Phi) is 5.18. The Labute approximate surface area is 173 Å². The van der Waals surface area contributed by atoms with Crippen LogP contribution in [0.15, 0.2) is 53.9 Å². The molecule has 3 aromatic rings. The number of amides is 1. The van der Waals surface area contributed by atoms with E-state index in [-0.39, 0.29) is 11.6 Å². The first-order valence-electron chi connectivity index (χ1n) is 9.46. The summed E-state index contributed by atoms with van der Waals surface area (Å²) >= 11 is 0. The van der Waals surface area contributed by atoms with Crippen molar-refractivity contribution in [3.8, 4) is 17.3 Å². The van der Waals surface area contributed by atoms with Crippen molar-refractivity contribution in [3.05, 3.63) is 65.9 Å². The molecule has 8 heteroatoms. The van der Waals surface area contributed by atoms with Crippen LogP contribution in [0.25, 0.3) is 17.0 Å². The van der Waals surface area contributed by atoms with E-state index in [1.807, 2.05) is 12.3 Å². The molecular formula is C22H19N7O. The zero-order valence-electron chi connectivity index (χ0n) is 16.6. The molecule has 0 saturated carbocycles. The van der Waals surface area contributed by atoms with Crippen LogP contribution < -0.4 is 5.32 Å². The maximum atomic E-state index is 12.9. The van der Waals surface area contributed by atoms with E-state index < -0.39 is 0 Å². The van der Waals surface area contributed by atoms with Crippen LogP contribution in [0.5, 0.6) is 0 Å². The van der Waals surface area contributed by atoms with Crippen molar-refractivity contribution < 1.29 is 4.79 Å². The lowest BCUT2D eigenvalue weighted by Crippen LogP contribution is -2.14. The molecule has 30 heavy (non-hydrogen) atoms. The second-order valence-corrected chi connectivity index (χ2v) is 7.08. The van der Waals surface area contributed by atoms with Crippen LogP contribution in [-0.2, 0) is 7.05 Å². The van der Waals surface area contributed by atoms with Crippen molar-refractivity contribution >= 4 is 23.5 Å². The summed E-state index contributed by atoms with van der Waals surface area (Å²) in [5.41, 5.74) is 3.84. The van der Waals surface area contributed by atoms with Gasteiger partial charge in [-0.15, -0.1) is 0 Å². The van der Waals surface area contributed by atoms with Crippen molar-refractivity contribution in [2.24, 2.45) is 18.0 Å². The number of hydrogen-bond donors (Lipinski definition) is 1. The minimum absolute atomic E-state index is 0.249. The van der Waals surface area contributed by atoms with E-state index in [9.17, 15) is 4.79 Å². The number of anilines is 1. The van der Waals surface area contributed by atoms with E-state index in [0.717, 1.165) is 12.1 Å². The van der Waals surface area contributed by atoms with Crippen molar-refractivity contribution in [1.82, 2.24) is 19.7 Å². The lowest BCUT2D eigenvalue weighted by Gasteiger charge is -2.11. The Morgan fingerprint density at radius 1 is 1.33 bits per heavy atom. The smallest absolute Gasteiger partial charge is 0.274 e. The maximum absolute atomic E-state index is 12.9. The molecule has 0 bridgehead atoms. The number of nitrogens with one attached hydrogen (secondary N) is 1. The van der Waals surface area contributed by atoms with Crippen molar-refractivity contribution in [3.63, 3.8) is 0 Å². The lowest BCUT2D eigenvalue weighted by atomic mass is 10.0. The highest BCUT2D eigenvalue weighted by molar-refractivity contribution is 6.04. The van der Waals surface area contributed by atoms with Crippen molar-refractivity contribution in [1.29, 1.82) is 5.26 Å². The van der Waals surface area contributed by atoms with Crippen LogP contribution >= 0.6 is 0 Å². The fourth-order valence-electron chi connectivity index (χ4n) is 3.16. The number of aliphatic imine (C=N–C) groups is 1. The first-order valence-corrected chi connectivity index (χ1v) is 9.46. The number of aryl methyl sites for hydroxylation is 1. The van der Waals surface area contributed by atoms with Gasteiger partial charge in [-0.3, -0.25) is 19.5 Å². The predicted molar refractivity (Wildman–Crippen MR) is 114 cm³/mol. The van der Waals surface area contributed by atoms with Crippen LogP contribution in [0.2, 0.25) is 0 Å². The first kappa shape index (κ1) is 19.2. The van der Waals surface area contributed by atoms with Gasteiger partial charge in [-0.2, -0.15) is 10.4 Å². The molecule has 0 aliphatic carbocycles. The molecule has 1 aliphatic heterocycles. The van der Waals surface area contributed by atoms with Crippen LogP contribution in [0.4, 0.5) is 5.69 Å². The molecule has 0 aromatic carbocycles. The third kappa shape index (κ3) is 4.00. The number of pyridine rings is 2. The van der Waals surface area contributed by atoms with Crippen molar-refractivity contribution in [2.75, 3.05) is 5.32 Å². The van der Waals surface area contributed by atoms with Crippen LogP contribution in [0, 0.1) is 17.2 Å². The fourth-order valence-corrected chi connectivity index (χ4v) is 3.16. The summed E-state index contributed by atoms with van der Waals surface area (Å²) in [5, 5.41) is 16.4. The Morgan fingerprint density at radius 3 is 3.00 bits per heavy atom. The topological polar surface area (TPSA) is 109 Å². The monoisotopic (exact) mass is 397 g/mol. The molecular weight excluding hydrogens is 378 g/mol. The second kappa shape index (κ2) is 8.09. The van der Waals surface area contributed by atoms with Crippen LogP contribution in [0.3, 0.4) is 0 Å². The minimum atomic E-state index is -0.357. The second-order valence-electron chi connectivity index (χ2n) is 7.08. The molecule has 1 amide bonds. The molecule has 1 aliphatic rings. The van der Waals surface area contributed by atoms with E-state index >= 15 is 0 Å². The van der Waals surface area contributed by atoms with Crippen LogP contribution in [-0.4, -0.2) is 31.9 Å². The summed E-state index contributed by atoms with van der Waals surface area (Å²) in [6.07, 6.45) is 9.64. The van der Waals surface area contributed by atoms with Gasteiger partial charge in [-0.05, 0) is 30.5 Å². The third-order valence-corrected chi connectivity index (χ3v) is 4.61. The highest BCUT2D eigenvalue weighted by Gasteiger charge is 2.18. The number of carbonyl (C=O) groups is 1. The van der Waals surface area contributed by atoms with Gasteiger partial charge in [0.1, 0.15) is 17.5 Å². The molecule has 8 nitrogen and oxygen atoms in total. The number of hydrogen-bond acceptors (Lipinski definition) is 6. The van der Waals surface area contributed by atoms with E-state index in [2.05, 4.69) is 38.4 Å². The molecule has 0 spiro atoms. The Balaban J connectivity index is 1.61. The van der Waals surface area contributed by atoms with Gasteiger partial charge in [0.25, 0.3) is 5.91 Å². The zero-order chi connectivity index (χ0) is 21.1. The van der Waals surface area contributed by atoms with E-state index in [1.165, 1.54) is 6.20 Å². The number of nitriles is 1. The molecule has 3 aromatic heterocycles. The Hall–Kier alpha value is -4.12. The molecule has 4 heterocycles. The Morgan fingerprint density at radius 2 is 2.20 bits per heavy atom. The fraction of sp³-hybridized carbons (Fsp3) is 0.182. The van der Waals surface area contributed by atoms with Gasteiger partial charge in [0, 0.05) is 37.4 Å². The quantitative estimate of drug-likeness (QED) is 0.725. The number of carbonyl (C=O) groups excluding carboxylic acids is 1. The average molecular weight is 397 g/mol. The number of rotatable bonds is 4. The average Bonchev–Trinajstić information content (AvgIpc) is 3.14. The van der Waals surface area contributed by atoms with Crippen molar-refractivity contribution in [2.45, 2.75) is 13.3 Å². The van der Waals surface area contributed by atoms with Gasteiger partial charge >= 0.3 is 0 Å². The molecule has 0 fully saturated rings. The summed E-state index contributed by atoms with van der Waals surface area (Å²) in [6.45, 7) is 2.11. The maximum Gasteiger partial charge on any atom is 0.274 e. The molecule has 0 radical (unpaired) electrons. The highest BCUT2D eigenvalue weighted by Crippen LogP contribution is 2.28. The SMILES string of the molecule is CC1C=C(c2nn(C)cc2NC(=O)c2cccc(-c3cncc(C#N)c3)n2)N=CC1. The predicted octanol–water partition coefficient (Wildman–Crippen LogP) is 3.45. The van der Waals surface area contributed by atoms with Gasteiger partial charge in [0.2, 0.25) is 0 Å². The summed E-state index contributed by atoms with van der Waals surface area (Å²) in [6, 6.07) is 8.89. The number of nitrogens with zero attached hydrogens (tertiary/aromatic N) is 6. The molecule has 0 saturated heterocycles. The first-order chi connectivity index (χ1) is 14.5. The molecule has 148 valence electrons. The molecule has 1 N–H and O–H groups in total. The highest BCUT2D eigenvalue weighted by atomic mass is 16.1.